The van der Waals surface area contributed by atoms with Crippen LogP contribution in [0.3, 0.4) is 0 Å². The van der Waals surface area contributed by atoms with Crippen LogP contribution in [0.4, 0.5) is 0 Å². The van der Waals surface area contributed by atoms with Crippen molar-refractivity contribution in [1.29, 1.82) is 0 Å². The molecule has 0 heterocycles. The zero-order valence-electron chi connectivity index (χ0n) is 12.8. The lowest BCUT2D eigenvalue weighted by Gasteiger charge is -2.26. The van der Waals surface area contributed by atoms with E-state index in [0.29, 0.717) is 24.3 Å². The van der Waals surface area contributed by atoms with Gasteiger partial charge in [-0.2, -0.15) is 0 Å². The van der Waals surface area contributed by atoms with E-state index in [-0.39, 0.29) is 5.56 Å². The van der Waals surface area contributed by atoms with Crippen molar-refractivity contribution in [2.75, 3.05) is 20.2 Å². The van der Waals surface area contributed by atoms with Gasteiger partial charge in [0.1, 0.15) is 12.4 Å². The van der Waals surface area contributed by atoms with Crippen LogP contribution in [-0.4, -0.2) is 42.2 Å². The highest BCUT2D eigenvalue weighted by Gasteiger charge is 2.10. The van der Waals surface area contributed by atoms with E-state index in [4.69, 9.17) is 9.84 Å². The second kappa shape index (κ2) is 7.90. The van der Waals surface area contributed by atoms with Gasteiger partial charge in [-0.15, -0.1) is 0 Å². The van der Waals surface area contributed by atoms with E-state index in [0.717, 1.165) is 6.54 Å². The number of ether oxygens (including phenoxy) is 1. The first-order valence-corrected chi connectivity index (χ1v) is 7.06. The number of hydrogen-bond acceptors (Lipinski definition) is 3. The Bertz CT molecular complexity index is 414. The lowest BCUT2D eigenvalue weighted by Crippen LogP contribution is -2.33. The number of likely N-dealkylation sites (N-methyl/N-ethyl adjacent to an activating group) is 1. The number of rotatable bonds is 8. The summed E-state index contributed by atoms with van der Waals surface area (Å²) in [7, 11) is 2.10. The van der Waals surface area contributed by atoms with Crippen molar-refractivity contribution in [3.05, 3.63) is 29.8 Å². The lowest BCUT2D eigenvalue weighted by molar-refractivity contribution is 0.0697. The minimum atomic E-state index is -0.918. The number of carbonyl (C=O) groups is 1. The third-order valence-corrected chi connectivity index (χ3v) is 3.38. The number of hydrogen-bond donors (Lipinski definition) is 1. The van der Waals surface area contributed by atoms with Gasteiger partial charge in [-0.05, 0) is 50.6 Å². The van der Waals surface area contributed by atoms with E-state index in [2.05, 4.69) is 32.7 Å². The molecule has 1 aromatic carbocycles. The molecular weight excluding hydrogens is 254 g/mol. The molecule has 4 heteroatoms. The molecule has 1 N–H and O–H groups in total. The first-order valence-electron chi connectivity index (χ1n) is 7.06. The molecular formula is C16H25NO3. The molecule has 0 saturated carbocycles. The molecule has 1 aromatic rings. The summed E-state index contributed by atoms with van der Waals surface area (Å²) in [6.07, 6.45) is 1.17. The number of carboxylic acids is 1. The number of nitrogens with zero attached hydrogens (tertiary/aromatic N) is 1. The zero-order chi connectivity index (χ0) is 15.1. The Morgan fingerprint density at radius 1 is 1.25 bits per heavy atom. The number of aromatic carboxylic acids is 1. The second-order valence-electron chi connectivity index (χ2n) is 5.64. The van der Waals surface area contributed by atoms with Crippen LogP contribution in [0, 0.1) is 5.92 Å². The van der Waals surface area contributed by atoms with Crippen LogP contribution in [0.25, 0.3) is 0 Å². The normalized spacial score (nSPS) is 12.7. The minimum Gasteiger partial charge on any atom is -0.492 e. The first-order chi connectivity index (χ1) is 9.40. The predicted molar refractivity (Wildman–Crippen MR) is 80.4 cm³/mol. The fourth-order valence-electron chi connectivity index (χ4n) is 2.08. The Balaban J connectivity index is 2.35. The molecule has 0 fully saturated rings. The van der Waals surface area contributed by atoms with Gasteiger partial charge in [0.2, 0.25) is 0 Å². The van der Waals surface area contributed by atoms with Crippen LogP contribution in [0.15, 0.2) is 24.3 Å². The molecule has 0 aromatic heterocycles. The summed E-state index contributed by atoms with van der Waals surface area (Å²) in [6.45, 7) is 8.14. The van der Waals surface area contributed by atoms with Crippen LogP contribution in [0.2, 0.25) is 0 Å². The summed E-state index contributed by atoms with van der Waals surface area (Å²) < 4.78 is 5.63. The van der Waals surface area contributed by atoms with Gasteiger partial charge in [0, 0.05) is 12.6 Å². The summed E-state index contributed by atoms with van der Waals surface area (Å²) in [4.78, 5) is 13.0. The number of carboxylic acid groups (broad SMARTS) is 1. The van der Waals surface area contributed by atoms with Gasteiger partial charge < -0.3 is 14.7 Å². The highest BCUT2D eigenvalue weighted by atomic mass is 16.5. The van der Waals surface area contributed by atoms with Gasteiger partial charge in [-0.1, -0.05) is 13.8 Å². The molecule has 0 spiro atoms. The van der Waals surface area contributed by atoms with Gasteiger partial charge in [0.25, 0.3) is 0 Å². The lowest BCUT2D eigenvalue weighted by atomic mass is 10.0. The van der Waals surface area contributed by atoms with Gasteiger partial charge >= 0.3 is 5.97 Å². The fraction of sp³-hybridized carbons (Fsp3) is 0.562. The smallest absolute Gasteiger partial charge is 0.335 e. The summed E-state index contributed by atoms with van der Waals surface area (Å²) in [5.41, 5.74) is 0.278. The average molecular weight is 279 g/mol. The van der Waals surface area contributed by atoms with E-state index >= 15 is 0 Å². The van der Waals surface area contributed by atoms with E-state index in [1.165, 1.54) is 6.42 Å². The zero-order valence-corrected chi connectivity index (χ0v) is 12.8. The third kappa shape index (κ3) is 5.61. The van der Waals surface area contributed by atoms with Gasteiger partial charge in [0.15, 0.2) is 0 Å². The molecule has 0 aliphatic rings. The van der Waals surface area contributed by atoms with Crippen molar-refractivity contribution < 1.29 is 14.6 Å². The quantitative estimate of drug-likeness (QED) is 0.794. The van der Waals surface area contributed by atoms with Crippen LogP contribution < -0.4 is 4.74 Å². The molecule has 1 unspecified atom stereocenters. The Hall–Kier alpha value is -1.55. The average Bonchev–Trinajstić information content (AvgIpc) is 2.38. The summed E-state index contributed by atoms with van der Waals surface area (Å²) in [6, 6.07) is 7.04. The number of benzene rings is 1. The van der Waals surface area contributed by atoms with E-state index in [9.17, 15) is 4.79 Å². The van der Waals surface area contributed by atoms with Crippen molar-refractivity contribution in [3.8, 4) is 5.75 Å². The second-order valence-corrected chi connectivity index (χ2v) is 5.64. The Labute approximate surface area is 121 Å². The molecule has 0 saturated heterocycles. The maximum atomic E-state index is 10.7. The van der Waals surface area contributed by atoms with Crippen molar-refractivity contribution in [1.82, 2.24) is 4.90 Å². The fourth-order valence-corrected chi connectivity index (χ4v) is 2.08. The summed E-state index contributed by atoms with van der Waals surface area (Å²) in [5, 5.41) is 8.81. The Morgan fingerprint density at radius 2 is 1.85 bits per heavy atom. The maximum absolute atomic E-state index is 10.7. The molecule has 0 amide bonds. The predicted octanol–water partition coefficient (Wildman–Crippen LogP) is 3.13. The minimum absolute atomic E-state index is 0.278. The molecule has 1 atom stereocenters. The standard InChI is InChI=1S/C16H25NO3/c1-12(2)11-13(3)17(4)9-10-20-15-7-5-14(6-8-15)16(18)19/h5-8,12-13H,9-11H2,1-4H3,(H,18,19). The molecule has 112 valence electrons. The molecule has 0 aliphatic heterocycles. The highest BCUT2D eigenvalue weighted by Crippen LogP contribution is 2.13. The molecule has 0 aliphatic carbocycles. The van der Waals surface area contributed by atoms with Crippen molar-refractivity contribution >= 4 is 5.97 Å². The van der Waals surface area contributed by atoms with E-state index in [1.54, 1.807) is 24.3 Å². The third-order valence-electron chi connectivity index (χ3n) is 3.38. The van der Waals surface area contributed by atoms with Crippen molar-refractivity contribution in [2.24, 2.45) is 5.92 Å². The SMILES string of the molecule is CC(C)CC(C)N(C)CCOc1ccc(C(=O)O)cc1. The monoisotopic (exact) mass is 279 g/mol. The maximum Gasteiger partial charge on any atom is 0.335 e. The largest absolute Gasteiger partial charge is 0.492 e. The van der Waals surface area contributed by atoms with Crippen LogP contribution >= 0.6 is 0 Å². The topological polar surface area (TPSA) is 49.8 Å². The van der Waals surface area contributed by atoms with Gasteiger partial charge in [-0.25, -0.2) is 4.79 Å². The Morgan fingerprint density at radius 3 is 2.35 bits per heavy atom. The molecule has 0 bridgehead atoms. The highest BCUT2D eigenvalue weighted by molar-refractivity contribution is 5.87. The molecule has 4 nitrogen and oxygen atoms in total. The Kier molecular flexibility index (Phi) is 6.52. The van der Waals surface area contributed by atoms with Crippen LogP contribution in [0.5, 0.6) is 5.75 Å². The van der Waals surface area contributed by atoms with Gasteiger partial charge in [-0.3, -0.25) is 0 Å². The summed E-state index contributed by atoms with van der Waals surface area (Å²) in [5.74, 6) is 0.482. The summed E-state index contributed by atoms with van der Waals surface area (Å²) >= 11 is 0. The van der Waals surface area contributed by atoms with E-state index in [1.807, 2.05) is 0 Å². The molecule has 1 rings (SSSR count). The van der Waals surface area contributed by atoms with Crippen molar-refractivity contribution in [2.45, 2.75) is 33.2 Å². The van der Waals surface area contributed by atoms with Gasteiger partial charge in [0.05, 0.1) is 5.56 Å². The molecule has 20 heavy (non-hydrogen) atoms. The van der Waals surface area contributed by atoms with Crippen molar-refractivity contribution in [3.63, 3.8) is 0 Å². The van der Waals surface area contributed by atoms with E-state index < -0.39 is 5.97 Å². The van der Waals surface area contributed by atoms with Crippen LogP contribution in [0.1, 0.15) is 37.6 Å². The molecule has 0 radical (unpaired) electrons. The first kappa shape index (κ1) is 16.5. The van der Waals surface area contributed by atoms with Crippen LogP contribution in [-0.2, 0) is 0 Å².